The molecule has 0 bridgehead atoms. The Balaban J connectivity index is 2.72. The highest BCUT2D eigenvalue weighted by Gasteiger charge is 2.16. The van der Waals surface area contributed by atoms with Crippen molar-refractivity contribution >= 4 is 0 Å². The van der Waals surface area contributed by atoms with Crippen LogP contribution in [0, 0.1) is 0 Å². The second-order valence-electron chi connectivity index (χ2n) is 4.33. The zero-order valence-electron chi connectivity index (χ0n) is 10.8. The fourth-order valence-corrected chi connectivity index (χ4v) is 2.30. The van der Waals surface area contributed by atoms with Crippen molar-refractivity contribution in [2.45, 2.75) is 26.7 Å². The predicted octanol–water partition coefficient (Wildman–Crippen LogP) is 3.89. The molecule has 0 fully saturated rings. The zero-order valence-corrected chi connectivity index (χ0v) is 10.8. The Morgan fingerprint density at radius 1 is 0.944 bits per heavy atom. The standard InChI is InChI=1S/C16H18O2/c1-3-11-10-14(17)13(4-2)16(18)15(11)12-8-6-5-7-9-12/h5-10,17-18H,3-4H2,1-2H3. The van der Waals surface area contributed by atoms with E-state index in [0.29, 0.717) is 12.0 Å². The molecule has 0 saturated carbocycles. The highest BCUT2D eigenvalue weighted by atomic mass is 16.3. The topological polar surface area (TPSA) is 40.5 Å². The largest absolute Gasteiger partial charge is 0.508 e. The van der Waals surface area contributed by atoms with Gasteiger partial charge in [0.15, 0.2) is 0 Å². The third kappa shape index (κ3) is 2.06. The van der Waals surface area contributed by atoms with Crippen LogP contribution >= 0.6 is 0 Å². The molecule has 0 aromatic heterocycles. The highest BCUT2D eigenvalue weighted by molar-refractivity contribution is 5.77. The van der Waals surface area contributed by atoms with Crippen LogP contribution in [0.2, 0.25) is 0 Å². The lowest BCUT2D eigenvalue weighted by Crippen LogP contribution is -1.93. The van der Waals surface area contributed by atoms with Crippen molar-refractivity contribution in [3.05, 3.63) is 47.5 Å². The summed E-state index contributed by atoms with van der Waals surface area (Å²) in [6, 6.07) is 11.6. The van der Waals surface area contributed by atoms with Crippen molar-refractivity contribution in [1.29, 1.82) is 0 Å². The van der Waals surface area contributed by atoms with E-state index in [1.165, 1.54) is 0 Å². The molecule has 0 aliphatic heterocycles. The van der Waals surface area contributed by atoms with Gasteiger partial charge in [-0.2, -0.15) is 0 Å². The molecule has 0 saturated heterocycles. The van der Waals surface area contributed by atoms with Crippen molar-refractivity contribution < 1.29 is 10.2 Å². The quantitative estimate of drug-likeness (QED) is 0.857. The normalized spacial score (nSPS) is 10.6. The number of hydrogen-bond donors (Lipinski definition) is 2. The van der Waals surface area contributed by atoms with Gasteiger partial charge in [-0.3, -0.25) is 0 Å². The molecule has 0 aliphatic rings. The van der Waals surface area contributed by atoms with Gasteiger partial charge in [0.25, 0.3) is 0 Å². The first-order valence-electron chi connectivity index (χ1n) is 6.31. The monoisotopic (exact) mass is 242 g/mol. The summed E-state index contributed by atoms with van der Waals surface area (Å²) in [5.41, 5.74) is 3.41. The summed E-state index contributed by atoms with van der Waals surface area (Å²) in [5.74, 6) is 0.395. The van der Waals surface area contributed by atoms with Gasteiger partial charge in [0.05, 0.1) is 0 Å². The van der Waals surface area contributed by atoms with Gasteiger partial charge in [0.2, 0.25) is 0 Å². The van der Waals surface area contributed by atoms with Crippen LogP contribution in [0.1, 0.15) is 25.0 Å². The summed E-state index contributed by atoms with van der Waals surface area (Å²) in [4.78, 5) is 0. The third-order valence-corrected chi connectivity index (χ3v) is 3.26. The molecule has 94 valence electrons. The van der Waals surface area contributed by atoms with Gasteiger partial charge in [-0.05, 0) is 30.0 Å². The summed E-state index contributed by atoms with van der Waals surface area (Å²) < 4.78 is 0. The first kappa shape index (κ1) is 12.5. The van der Waals surface area contributed by atoms with Crippen molar-refractivity contribution in [3.63, 3.8) is 0 Å². The Labute approximate surface area is 108 Å². The van der Waals surface area contributed by atoms with E-state index >= 15 is 0 Å². The highest BCUT2D eigenvalue weighted by Crippen LogP contribution is 2.40. The van der Waals surface area contributed by atoms with E-state index in [-0.39, 0.29) is 11.5 Å². The van der Waals surface area contributed by atoms with Gasteiger partial charge in [0.1, 0.15) is 11.5 Å². The Morgan fingerprint density at radius 2 is 1.61 bits per heavy atom. The number of phenolic OH excluding ortho intramolecular Hbond substituents is 2. The van der Waals surface area contributed by atoms with Gasteiger partial charge in [0, 0.05) is 11.1 Å². The molecular weight excluding hydrogens is 224 g/mol. The second kappa shape index (κ2) is 5.13. The molecule has 0 radical (unpaired) electrons. The van der Waals surface area contributed by atoms with Crippen LogP contribution in [-0.4, -0.2) is 10.2 Å². The van der Waals surface area contributed by atoms with Crippen LogP contribution in [0.4, 0.5) is 0 Å². The van der Waals surface area contributed by atoms with Gasteiger partial charge in [-0.25, -0.2) is 0 Å². The minimum atomic E-state index is 0.187. The van der Waals surface area contributed by atoms with Crippen molar-refractivity contribution in [3.8, 4) is 22.6 Å². The van der Waals surface area contributed by atoms with Gasteiger partial charge >= 0.3 is 0 Å². The molecule has 0 unspecified atom stereocenters. The number of aryl methyl sites for hydroxylation is 1. The minimum Gasteiger partial charge on any atom is -0.508 e. The molecule has 0 spiro atoms. The molecule has 2 nitrogen and oxygen atoms in total. The van der Waals surface area contributed by atoms with Gasteiger partial charge < -0.3 is 10.2 Å². The second-order valence-corrected chi connectivity index (χ2v) is 4.33. The molecule has 0 atom stereocenters. The van der Waals surface area contributed by atoms with E-state index in [1.54, 1.807) is 6.07 Å². The summed E-state index contributed by atoms with van der Waals surface area (Å²) in [7, 11) is 0. The molecule has 0 aliphatic carbocycles. The van der Waals surface area contributed by atoms with Gasteiger partial charge in [-0.1, -0.05) is 44.2 Å². The summed E-state index contributed by atoms with van der Waals surface area (Å²) in [6.45, 7) is 3.95. The van der Waals surface area contributed by atoms with E-state index in [2.05, 4.69) is 0 Å². The Hall–Kier alpha value is -1.96. The van der Waals surface area contributed by atoms with Crippen LogP contribution in [0.3, 0.4) is 0 Å². The summed E-state index contributed by atoms with van der Waals surface area (Å²) in [5, 5.41) is 20.3. The van der Waals surface area contributed by atoms with E-state index < -0.39 is 0 Å². The van der Waals surface area contributed by atoms with Crippen LogP contribution in [-0.2, 0) is 12.8 Å². The summed E-state index contributed by atoms with van der Waals surface area (Å²) >= 11 is 0. The van der Waals surface area contributed by atoms with Crippen LogP contribution < -0.4 is 0 Å². The Kier molecular flexibility index (Phi) is 3.56. The van der Waals surface area contributed by atoms with E-state index in [1.807, 2.05) is 44.2 Å². The molecule has 2 heteroatoms. The zero-order chi connectivity index (χ0) is 13.1. The molecule has 2 N–H and O–H groups in total. The Morgan fingerprint density at radius 3 is 2.17 bits per heavy atom. The van der Waals surface area contributed by atoms with Gasteiger partial charge in [-0.15, -0.1) is 0 Å². The summed E-state index contributed by atoms with van der Waals surface area (Å²) in [6.07, 6.45) is 1.39. The van der Waals surface area contributed by atoms with Crippen LogP contribution in [0.15, 0.2) is 36.4 Å². The maximum Gasteiger partial charge on any atom is 0.130 e. The lowest BCUT2D eigenvalue weighted by Gasteiger charge is -2.15. The van der Waals surface area contributed by atoms with Crippen LogP contribution in [0.5, 0.6) is 11.5 Å². The SMILES string of the molecule is CCc1cc(O)c(CC)c(O)c1-c1ccccc1. The minimum absolute atomic E-state index is 0.187. The van der Waals surface area contributed by atoms with Crippen molar-refractivity contribution in [1.82, 2.24) is 0 Å². The van der Waals surface area contributed by atoms with Crippen molar-refractivity contribution in [2.75, 3.05) is 0 Å². The van der Waals surface area contributed by atoms with E-state index in [9.17, 15) is 10.2 Å². The third-order valence-electron chi connectivity index (χ3n) is 3.26. The molecule has 0 heterocycles. The predicted molar refractivity (Wildman–Crippen MR) is 74.0 cm³/mol. The van der Waals surface area contributed by atoms with E-state index in [4.69, 9.17) is 0 Å². The maximum atomic E-state index is 10.4. The molecule has 2 rings (SSSR count). The molecule has 2 aromatic carbocycles. The molecular formula is C16H18O2. The Bertz CT molecular complexity index is 545. The molecule has 18 heavy (non-hydrogen) atoms. The molecule has 0 amide bonds. The molecule has 2 aromatic rings. The average Bonchev–Trinajstić information content (AvgIpc) is 2.39. The first-order chi connectivity index (χ1) is 8.69. The number of aromatic hydroxyl groups is 2. The number of hydrogen-bond acceptors (Lipinski definition) is 2. The van der Waals surface area contributed by atoms with Crippen LogP contribution in [0.25, 0.3) is 11.1 Å². The maximum absolute atomic E-state index is 10.4. The lowest BCUT2D eigenvalue weighted by atomic mass is 9.93. The number of benzene rings is 2. The average molecular weight is 242 g/mol. The first-order valence-corrected chi connectivity index (χ1v) is 6.31. The fourth-order valence-electron chi connectivity index (χ4n) is 2.30. The fraction of sp³-hybridized carbons (Fsp3) is 0.250. The smallest absolute Gasteiger partial charge is 0.130 e. The lowest BCUT2D eigenvalue weighted by molar-refractivity contribution is 0.440. The van der Waals surface area contributed by atoms with E-state index in [0.717, 1.165) is 23.1 Å². The number of phenols is 2. The van der Waals surface area contributed by atoms with Crippen molar-refractivity contribution in [2.24, 2.45) is 0 Å². The number of rotatable bonds is 3.